The summed E-state index contributed by atoms with van der Waals surface area (Å²) in [5.74, 6) is -0.488. The number of sulfonamides is 1. The van der Waals surface area contributed by atoms with Gasteiger partial charge in [-0.2, -0.15) is 0 Å². The minimum atomic E-state index is -4.31. The fourth-order valence-corrected chi connectivity index (χ4v) is 3.55. The number of anilines is 1. The minimum Gasteiger partial charge on any atom is -0.369 e. The lowest BCUT2D eigenvalue weighted by molar-refractivity contribution is 0.514. The maximum absolute atomic E-state index is 13.6. The summed E-state index contributed by atoms with van der Waals surface area (Å²) in [5.41, 5.74) is 0. The van der Waals surface area contributed by atoms with Gasteiger partial charge in [0.1, 0.15) is 35.4 Å². The number of imidazole rings is 1. The second-order valence-corrected chi connectivity index (χ2v) is 7.19. The summed E-state index contributed by atoms with van der Waals surface area (Å²) >= 11 is 0. The van der Waals surface area contributed by atoms with E-state index in [0.29, 0.717) is 11.6 Å². The number of aryl methyl sites for hydroxylation is 1. The number of aromatic nitrogens is 4. The van der Waals surface area contributed by atoms with E-state index in [4.69, 9.17) is 0 Å². The standard InChI is InChI=1S/C16H16F2N6O2S/c1-11-19-7-8-24(11)15-9-14(21-10-22-15)20-5-6-23-27(25,26)16-12(17)3-2-4-13(16)18/h2-4,7-10,23H,5-6H2,1H3,(H,20,21,22). The molecule has 11 heteroatoms. The van der Waals surface area contributed by atoms with Gasteiger partial charge in [-0.15, -0.1) is 0 Å². The number of nitrogens with one attached hydrogen (secondary N) is 2. The molecule has 0 amide bonds. The molecule has 1 aromatic carbocycles. The van der Waals surface area contributed by atoms with Crippen molar-refractivity contribution in [2.75, 3.05) is 18.4 Å². The van der Waals surface area contributed by atoms with Crippen molar-refractivity contribution in [2.24, 2.45) is 0 Å². The van der Waals surface area contributed by atoms with Gasteiger partial charge in [0, 0.05) is 31.5 Å². The van der Waals surface area contributed by atoms with Gasteiger partial charge < -0.3 is 5.32 Å². The average Bonchev–Trinajstić information content (AvgIpc) is 3.05. The van der Waals surface area contributed by atoms with Crippen molar-refractivity contribution in [3.8, 4) is 5.82 Å². The largest absolute Gasteiger partial charge is 0.369 e. The third-order valence-electron chi connectivity index (χ3n) is 3.64. The number of hydrogen-bond donors (Lipinski definition) is 2. The quantitative estimate of drug-likeness (QED) is 0.591. The van der Waals surface area contributed by atoms with E-state index in [-0.39, 0.29) is 13.1 Å². The van der Waals surface area contributed by atoms with Crippen LogP contribution in [0.2, 0.25) is 0 Å². The summed E-state index contributed by atoms with van der Waals surface area (Å²) in [4.78, 5) is 11.3. The summed E-state index contributed by atoms with van der Waals surface area (Å²) in [6.45, 7) is 1.88. The lowest BCUT2D eigenvalue weighted by atomic mass is 10.3. The van der Waals surface area contributed by atoms with E-state index in [1.165, 1.54) is 6.33 Å². The molecule has 2 N–H and O–H groups in total. The highest BCUT2D eigenvalue weighted by atomic mass is 32.2. The van der Waals surface area contributed by atoms with Crippen LogP contribution in [0.3, 0.4) is 0 Å². The number of benzene rings is 1. The first-order valence-electron chi connectivity index (χ1n) is 7.88. The van der Waals surface area contributed by atoms with Crippen molar-refractivity contribution < 1.29 is 17.2 Å². The zero-order valence-corrected chi connectivity index (χ0v) is 15.0. The van der Waals surface area contributed by atoms with Crippen LogP contribution in [0, 0.1) is 18.6 Å². The molecule has 2 aromatic heterocycles. The van der Waals surface area contributed by atoms with E-state index in [9.17, 15) is 17.2 Å². The Labute approximate surface area is 154 Å². The lowest BCUT2D eigenvalue weighted by Gasteiger charge is -2.10. The van der Waals surface area contributed by atoms with Crippen LogP contribution in [0.25, 0.3) is 5.82 Å². The smallest absolute Gasteiger partial charge is 0.246 e. The molecule has 142 valence electrons. The number of nitrogens with zero attached hydrogens (tertiary/aromatic N) is 4. The maximum Gasteiger partial charge on any atom is 0.246 e. The Morgan fingerprint density at radius 1 is 1.11 bits per heavy atom. The van der Waals surface area contributed by atoms with Gasteiger partial charge in [0.25, 0.3) is 0 Å². The molecule has 0 aliphatic rings. The van der Waals surface area contributed by atoms with E-state index in [1.807, 2.05) is 6.92 Å². The second-order valence-electron chi connectivity index (χ2n) is 5.48. The Balaban J connectivity index is 1.62. The van der Waals surface area contributed by atoms with Crippen LogP contribution >= 0.6 is 0 Å². The van der Waals surface area contributed by atoms with Crippen molar-refractivity contribution in [2.45, 2.75) is 11.8 Å². The molecule has 2 heterocycles. The highest BCUT2D eigenvalue weighted by Crippen LogP contribution is 2.17. The van der Waals surface area contributed by atoms with Gasteiger partial charge in [0.15, 0.2) is 4.90 Å². The van der Waals surface area contributed by atoms with Gasteiger partial charge in [-0.25, -0.2) is 36.9 Å². The molecule has 0 saturated carbocycles. The molecule has 0 fully saturated rings. The average molecular weight is 394 g/mol. The van der Waals surface area contributed by atoms with E-state index >= 15 is 0 Å². The zero-order valence-electron chi connectivity index (χ0n) is 14.2. The minimum absolute atomic E-state index is 0.0977. The summed E-state index contributed by atoms with van der Waals surface area (Å²) < 4.78 is 55.3. The molecular weight excluding hydrogens is 378 g/mol. The molecular formula is C16H16F2N6O2S. The zero-order chi connectivity index (χ0) is 19.4. The van der Waals surface area contributed by atoms with Gasteiger partial charge in [-0.05, 0) is 19.1 Å². The number of rotatable bonds is 7. The van der Waals surface area contributed by atoms with Crippen molar-refractivity contribution in [3.05, 3.63) is 60.4 Å². The monoisotopic (exact) mass is 394 g/mol. The summed E-state index contributed by atoms with van der Waals surface area (Å²) in [7, 11) is -4.31. The Hall–Kier alpha value is -2.92. The lowest BCUT2D eigenvalue weighted by Crippen LogP contribution is -2.30. The first-order chi connectivity index (χ1) is 12.9. The topological polar surface area (TPSA) is 102 Å². The SMILES string of the molecule is Cc1nccn1-c1cc(NCCNS(=O)(=O)c2c(F)cccc2F)ncn1. The van der Waals surface area contributed by atoms with Gasteiger partial charge in [-0.1, -0.05) is 6.07 Å². The fraction of sp³-hybridized carbons (Fsp3) is 0.188. The fourth-order valence-electron chi connectivity index (χ4n) is 2.38. The van der Waals surface area contributed by atoms with E-state index in [1.54, 1.807) is 23.0 Å². The molecule has 0 spiro atoms. The molecule has 0 radical (unpaired) electrons. The summed E-state index contributed by atoms with van der Waals surface area (Å²) in [6.07, 6.45) is 4.75. The molecule has 0 saturated heterocycles. The summed E-state index contributed by atoms with van der Waals surface area (Å²) in [5, 5.41) is 2.92. The van der Waals surface area contributed by atoms with Gasteiger partial charge in [0.2, 0.25) is 10.0 Å². The molecule has 0 aliphatic heterocycles. The number of hydrogen-bond acceptors (Lipinski definition) is 6. The Bertz CT molecular complexity index is 1030. The predicted molar refractivity (Wildman–Crippen MR) is 93.9 cm³/mol. The van der Waals surface area contributed by atoms with Crippen LogP contribution in [-0.4, -0.2) is 41.0 Å². The normalized spacial score (nSPS) is 11.5. The third kappa shape index (κ3) is 4.26. The van der Waals surface area contributed by atoms with Crippen LogP contribution in [0.5, 0.6) is 0 Å². The molecule has 8 nitrogen and oxygen atoms in total. The maximum atomic E-state index is 13.6. The first-order valence-corrected chi connectivity index (χ1v) is 9.37. The van der Waals surface area contributed by atoms with Crippen LogP contribution in [0.4, 0.5) is 14.6 Å². The van der Waals surface area contributed by atoms with E-state index in [2.05, 4.69) is 25.0 Å². The second kappa shape index (κ2) is 7.76. The van der Waals surface area contributed by atoms with Crippen LogP contribution in [0.1, 0.15) is 5.82 Å². The van der Waals surface area contributed by atoms with Crippen molar-refractivity contribution >= 4 is 15.8 Å². The van der Waals surface area contributed by atoms with Crippen molar-refractivity contribution in [3.63, 3.8) is 0 Å². The van der Waals surface area contributed by atoms with E-state index in [0.717, 1.165) is 24.0 Å². The van der Waals surface area contributed by atoms with Crippen LogP contribution in [-0.2, 0) is 10.0 Å². The van der Waals surface area contributed by atoms with Crippen LogP contribution < -0.4 is 10.0 Å². The molecule has 0 bridgehead atoms. The van der Waals surface area contributed by atoms with Gasteiger partial charge in [-0.3, -0.25) is 4.57 Å². The van der Waals surface area contributed by atoms with Gasteiger partial charge >= 0.3 is 0 Å². The third-order valence-corrected chi connectivity index (χ3v) is 5.15. The molecule has 3 aromatic rings. The van der Waals surface area contributed by atoms with Crippen LogP contribution in [0.15, 0.2) is 47.9 Å². The Kier molecular flexibility index (Phi) is 5.42. The molecule has 0 aliphatic carbocycles. The summed E-state index contributed by atoms with van der Waals surface area (Å²) in [6, 6.07) is 4.53. The predicted octanol–water partition coefficient (Wildman–Crippen LogP) is 1.64. The van der Waals surface area contributed by atoms with Gasteiger partial charge in [0.05, 0.1) is 0 Å². The first kappa shape index (κ1) is 18.9. The molecule has 27 heavy (non-hydrogen) atoms. The molecule has 0 unspecified atom stereocenters. The number of halogens is 2. The highest BCUT2D eigenvalue weighted by Gasteiger charge is 2.23. The molecule has 0 atom stereocenters. The van der Waals surface area contributed by atoms with E-state index < -0.39 is 26.6 Å². The molecule has 3 rings (SSSR count). The highest BCUT2D eigenvalue weighted by molar-refractivity contribution is 7.89. The Morgan fingerprint density at radius 2 is 1.85 bits per heavy atom. The Morgan fingerprint density at radius 3 is 2.52 bits per heavy atom. The van der Waals surface area contributed by atoms with Crippen molar-refractivity contribution in [1.29, 1.82) is 0 Å². The van der Waals surface area contributed by atoms with Crippen molar-refractivity contribution in [1.82, 2.24) is 24.2 Å².